The van der Waals surface area contributed by atoms with Gasteiger partial charge in [-0.3, -0.25) is 0 Å². The van der Waals surface area contributed by atoms with Gasteiger partial charge in [0.15, 0.2) is 11.0 Å². The van der Waals surface area contributed by atoms with E-state index in [0.717, 1.165) is 0 Å². The molecule has 8 heteroatoms. The molecule has 0 aliphatic carbocycles. The molecule has 0 unspecified atom stereocenters. The highest BCUT2D eigenvalue weighted by Crippen LogP contribution is 2.32. The molecule has 1 fully saturated rings. The summed E-state index contributed by atoms with van der Waals surface area (Å²) in [7, 11) is 0. The predicted octanol–water partition coefficient (Wildman–Crippen LogP) is 2.02. The zero-order valence-corrected chi connectivity index (χ0v) is 8.93. The average Bonchev–Trinajstić information content (AvgIpc) is 2.50. The smallest absolute Gasteiger partial charge is 0.266 e. The second-order valence-electron chi connectivity index (χ2n) is 3.22. The molecule has 0 bridgehead atoms. The Labute approximate surface area is 94.2 Å². The maximum atomic E-state index is 12.9. The minimum Gasteiger partial charge on any atom is -0.348 e. The van der Waals surface area contributed by atoms with Gasteiger partial charge in [-0.25, -0.2) is 8.78 Å². The Morgan fingerprint density at radius 2 is 2.00 bits per heavy atom. The zero-order chi connectivity index (χ0) is 11.1. The number of hydrogen-bond acceptors (Lipinski definition) is 4. The van der Waals surface area contributed by atoms with Crippen LogP contribution in [-0.4, -0.2) is 34.2 Å². The van der Waals surface area contributed by atoms with E-state index < -0.39 is 12.5 Å². The van der Waals surface area contributed by atoms with E-state index in [1.54, 1.807) is 0 Å². The standard InChI is InChI=1S/C7H6Cl2F2N4/c8-4-5(12-6(9)14-13-4)15-2-1-7(10,11)3-15/h1-3H2. The van der Waals surface area contributed by atoms with E-state index in [-0.39, 0.29) is 29.2 Å². The van der Waals surface area contributed by atoms with Crippen molar-refractivity contribution in [3.8, 4) is 0 Å². The largest absolute Gasteiger partial charge is 0.348 e. The third-order valence-electron chi connectivity index (χ3n) is 2.07. The summed E-state index contributed by atoms with van der Waals surface area (Å²) in [5.74, 6) is -2.55. The van der Waals surface area contributed by atoms with E-state index in [4.69, 9.17) is 23.2 Å². The molecule has 1 saturated heterocycles. The van der Waals surface area contributed by atoms with Crippen molar-refractivity contribution in [3.63, 3.8) is 0 Å². The van der Waals surface area contributed by atoms with E-state index in [1.165, 1.54) is 4.90 Å². The molecular weight excluding hydrogens is 249 g/mol. The van der Waals surface area contributed by atoms with Crippen LogP contribution in [0, 0.1) is 0 Å². The van der Waals surface area contributed by atoms with Crippen LogP contribution < -0.4 is 4.90 Å². The third kappa shape index (κ3) is 2.26. The maximum absolute atomic E-state index is 12.9. The lowest BCUT2D eigenvalue weighted by Gasteiger charge is -2.16. The van der Waals surface area contributed by atoms with Crippen molar-refractivity contribution in [2.24, 2.45) is 0 Å². The van der Waals surface area contributed by atoms with Crippen molar-refractivity contribution < 1.29 is 8.78 Å². The summed E-state index contributed by atoms with van der Waals surface area (Å²) >= 11 is 11.2. The van der Waals surface area contributed by atoms with Crippen LogP contribution in [0.25, 0.3) is 0 Å². The molecule has 0 spiro atoms. The van der Waals surface area contributed by atoms with Crippen LogP contribution >= 0.6 is 23.2 Å². The number of hydrogen-bond donors (Lipinski definition) is 0. The molecular formula is C7H6Cl2F2N4. The number of halogens is 4. The van der Waals surface area contributed by atoms with E-state index in [2.05, 4.69) is 15.2 Å². The van der Waals surface area contributed by atoms with Crippen LogP contribution in [0.2, 0.25) is 10.4 Å². The number of rotatable bonds is 1. The second-order valence-corrected chi connectivity index (χ2v) is 3.92. The summed E-state index contributed by atoms with van der Waals surface area (Å²) < 4.78 is 25.9. The van der Waals surface area contributed by atoms with Gasteiger partial charge in [0.05, 0.1) is 6.54 Å². The minimum absolute atomic E-state index is 0.0166. The average molecular weight is 255 g/mol. The lowest BCUT2D eigenvalue weighted by Crippen LogP contribution is -2.26. The first-order valence-corrected chi connectivity index (χ1v) is 4.92. The molecule has 0 aromatic carbocycles. The maximum Gasteiger partial charge on any atom is 0.266 e. The van der Waals surface area contributed by atoms with Gasteiger partial charge in [0.25, 0.3) is 5.92 Å². The molecule has 1 aromatic heterocycles. The second kappa shape index (κ2) is 3.68. The Morgan fingerprint density at radius 3 is 2.60 bits per heavy atom. The van der Waals surface area contributed by atoms with Gasteiger partial charge in [-0.2, -0.15) is 4.98 Å². The molecule has 4 nitrogen and oxygen atoms in total. The van der Waals surface area contributed by atoms with Gasteiger partial charge in [0, 0.05) is 13.0 Å². The first-order valence-electron chi connectivity index (χ1n) is 4.16. The van der Waals surface area contributed by atoms with Crippen molar-refractivity contribution in [3.05, 3.63) is 10.4 Å². The van der Waals surface area contributed by atoms with E-state index in [9.17, 15) is 8.78 Å². The van der Waals surface area contributed by atoms with Crippen LogP contribution in [0.15, 0.2) is 0 Å². The molecule has 2 rings (SSSR count). The van der Waals surface area contributed by atoms with E-state index >= 15 is 0 Å². The zero-order valence-electron chi connectivity index (χ0n) is 7.42. The van der Waals surface area contributed by atoms with Gasteiger partial charge < -0.3 is 4.90 Å². The highest BCUT2D eigenvalue weighted by Gasteiger charge is 2.39. The Kier molecular flexibility index (Phi) is 2.64. The number of alkyl halides is 2. The molecule has 1 aliphatic heterocycles. The molecule has 1 aliphatic rings. The third-order valence-corrected chi connectivity index (χ3v) is 2.48. The molecule has 0 atom stereocenters. The Bertz CT molecular complexity index is 387. The quantitative estimate of drug-likeness (QED) is 0.769. The van der Waals surface area contributed by atoms with Crippen molar-refractivity contribution in [1.82, 2.24) is 15.2 Å². The molecule has 15 heavy (non-hydrogen) atoms. The summed E-state index contributed by atoms with van der Waals surface area (Å²) in [6.45, 7) is -0.233. The normalized spacial score (nSPS) is 19.6. The Hall–Kier alpha value is -0.750. The molecule has 2 heterocycles. The molecule has 1 aromatic rings. The van der Waals surface area contributed by atoms with Crippen molar-refractivity contribution in [1.29, 1.82) is 0 Å². The van der Waals surface area contributed by atoms with Crippen molar-refractivity contribution >= 4 is 29.0 Å². The van der Waals surface area contributed by atoms with E-state index in [0.29, 0.717) is 0 Å². The predicted molar refractivity (Wildman–Crippen MR) is 51.6 cm³/mol. The number of aromatic nitrogens is 3. The van der Waals surface area contributed by atoms with Gasteiger partial charge in [-0.15, -0.1) is 10.2 Å². The van der Waals surface area contributed by atoms with Crippen molar-refractivity contribution in [2.45, 2.75) is 12.3 Å². The number of anilines is 1. The lowest BCUT2D eigenvalue weighted by molar-refractivity contribution is 0.0256. The van der Waals surface area contributed by atoms with Gasteiger partial charge >= 0.3 is 0 Å². The summed E-state index contributed by atoms with van der Waals surface area (Å²) in [6.07, 6.45) is -0.217. The fraction of sp³-hybridized carbons (Fsp3) is 0.571. The lowest BCUT2D eigenvalue weighted by atomic mass is 10.3. The Morgan fingerprint density at radius 1 is 1.27 bits per heavy atom. The summed E-state index contributed by atoms with van der Waals surface area (Å²) in [6, 6.07) is 0. The molecule has 0 amide bonds. The van der Waals surface area contributed by atoms with Gasteiger partial charge in [0.1, 0.15) is 0 Å². The van der Waals surface area contributed by atoms with Crippen LogP contribution in [0.5, 0.6) is 0 Å². The summed E-state index contributed by atoms with van der Waals surface area (Å²) in [5, 5.41) is 6.79. The van der Waals surface area contributed by atoms with Crippen LogP contribution in [0.4, 0.5) is 14.6 Å². The Balaban J connectivity index is 2.27. The fourth-order valence-corrected chi connectivity index (χ4v) is 1.72. The molecule has 82 valence electrons. The molecule has 0 radical (unpaired) electrons. The fourth-order valence-electron chi connectivity index (χ4n) is 1.40. The van der Waals surface area contributed by atoms with Crippen LogP contribution in [0.1, 0.15) is 6.42 Å². The first kappa shape index (κ1) is 10.8. The highest BCUT2D eigenvalue weighted by atomic mass is 35.5. The van der Waals surface area contributed by atoms with Gasteiger partial charge in [-0.05, 0) is 11.6 Å². The molecule has 0 saturated carbocycles. The SMILES string of the molecule is FC1(F)CCN(c2nc(Cl)nnc2Cl)C1. The first-order chi connectivity index (χ1) is 6.98. The number of nitrogens with zero attached hydrogens (tertiary/aromatic N) is 4. The van der Waals surface area contributed by atoms with Gasteiger partial charge in [-0.1, -0.05) is 11.6 Å². The highest BCUT2D eigenvalue weighted by molar-refractivity contribution is 6.32. The van der Waals surface area contributed by atoms with Crippen LogP contribution in [-0.2, 0) is 0 Å². The van der Waals surface area contributed by atoms with E-state index in [1.807, 2.05) is 0 Å². The topological polar surface area (TPSA) is 41.9 Å². The van der Waals surface area contributed by atoms with Gasteiger partial charge in [0.2, 0.25) is 5.28 Å². The minimum atomic E-state index is -2.71. The monoisotopic (exact) mass is 254 g/mol. The molecule has 0 N–H and O–H groups in total. The van der Waals surface area contributed by atoms with Crippen LogP contribution in [0.3, 0.4) is 0 Å². The summed E-state index contributed by atoms with van der Waals surface area (Å²) in [5.41, 5.74) is 0. The summed E-state index contributed by atoms with van der Waals surface area (Å²) in [4.78, 5) is 5.12. The van der Waals surface area contributed by atoms with Crippen molar-refractivity contribution in [2.75, 3.05) is 18.0 Å².